The Hall–Kier alpha value is -1.06. The first-order valence-corrected chi connectivity index (χ1v) is 5.84. The number of ether oxygens (including phenoxy) is 1. The average Bonchev–Trinajstić information content (AvgIpc) is 2.29. The third-order valence-corrected chi connectivity index (χ3v) is 3.16. The molecule has 1 aliphatic heterocycles. The second kappa shape index (κ2) is 4.85. The number of likely N-dealkylation sites (N-methyl/N-ethyl adjacent to an activating group) is 1. The van der Waals surface area contributed by atoms with Gasteiger partial charge in [-0.05, 0) is 44.1 Å². The maximum absolute atomic E-state index is 5.81. The molecule has 3 nitrogen and oxygen atoms in total. The summed E-state index contributed by atoms with van der Waals surface area (Å²) < 4.78 is 5.61. The lowest BCUT2D eigenvalue weighted by atomic mass is 9.99. The number of hydrogen-bond donors (Lipinski definition) is 1. The monoisotopic (exact) mass is 220 g/mol. The second-order valence-corrected chi connectivity index (χ2v) is 4.53. The van der Waals surface area contributed by atoms with Gasteiger partial charge in [-0.25, -0.2) is 0 Å². The van der Waals surface area contributed by atoms with Crippen molar-refractivity contribution in [1.29, 1.82) is 0 Å². The second-order valence-electron chi connectivity index (χ2n) is 4.53. The molecule has 0 bridgehead atoms. The SMILES string of the molecule is CN(C)C(CN)c1ccc2c(c1)CCCO2. The summed E-state index contributed by atoms with van der Waals surface area (Å²) in [6.07, 6.45) is 2.24. The van der Waals surface area contributed by atoms with Crippen LogP contribution in [0.25, 0.3) is 0 Å². The van der Waals surface area contributed by atoms with Crippen molar-refractivity contribution in [2.24, 2.45) is 5.73 Å². The van der Waals surface area contributed by atoms with Crippen LogP contribution in [0.1, 0.15) is 23.6 Å². The van der Waals surface area contributed by atoms with E-state index in [2.05, 4.69) is 37.2 Å². The van der Waals surface area contributed by atoms with Crippen molar-refractivity contribution in [3.8, 4) is 5.75 Å². The first-order chi connectivity index (χ1) is 7.72. The van der Waals surface area contributed by atoms with E-state index in [0.29, 0.717) is 12.6 Å². The van der Waals surface area contributed by atoms with Crippen LogP contribution in [-0.2, 0) is 6.42 Å². The van der Waals surface area contributed by atoms with E-state index in [1.165, 1.54) is 11.1 Å². The van der Waals surface area contributed by atoms with Gasteiger partial charge < -0.3 is 15.4 Å². The zero-order valence-electron chi connectivity index (χ0n) is 10.1. The first-order valence-electron chi connectivity index (χ1n) is 5.84. The summed E-state index contributed by atoms with van der Waals surface area (Å²) in [7, 11) is 4.13. The highest BCUT2D eigenvalue weighted by molar-refractivity contribution is 5.39. The fourth-order valence-electron chi connectivity index (χ4n) is 2.23. The summed E-state index contributed by atoms with van der Waals surface area (Å²) in [6, 6.07) is 6.75. The number of hydrogen-bond acceptors (Lipinski definition) is 3. The molecule has 0 aromatic heterocycles. The predicted octanol–water partition coefficient (Wildman–Crippen LogP) is 1.57. The predicted molar refractivity (Wildman–Crippen MR) is 65.7 cm³/mol. The van der Waals surface area contributed by atoms with Crippen molar-refractivity contribution in [1.82, 2.24) is 4.90 Å². The zero-order chi connectivity index (χ0) is 11.5. The van der Waals surface area contributed by atoms with Crippen LogP contribution in [0.2, 0.25) is 0 Å². The van der Waals surface area contributed by atoms with Gasteiger partial charge in [0.15, 0.2) is 0 Å². The van der Waals surface area contributed by atoms with Gasteiger partial charge in [-0.15, -0.1) is 0 Å². The number of fused-ring (bicyclic) bond motifs is 1. The summed E-state index contributed by atoms with van der Waals surface area (Å²) in [5.74, 6) is 1.05. The molecule has 1 aromatic carbocycles. The number of nitrogens with zero attached hydrogens (tertiary/aromatic N) is 1. The van der Waals surface area contributed by atoms with Crippen molar-refractivity contribution >= 4 is 0 Å². The molecule has 0 saturated heterocycles. The van der Waals surface area contributed by atoms with Gasteiger partial charge in [0.2, 0.25) is 0 Å². The van der Waals surface area contributed by atoms with Crippen molar-refractivity contribution < 1.29 is 4.74 Å². The van der Waals surface area contributed by atoms with Crippen molar-refractivity contribution in [2.75, 3.05) is 27.2 Å². The van der Waals surface area contributed by atoms with E-state index in [1.807, 2.05) is 0 Å². The molecule has 88 valence electrons. The molecule has 0 amide bonds. The molecular formula is C13H20N2O. The Bertz CT molecular complexity index is 363. The molecule has 1 aliphatic rings. The van der Waals surface area contributed by atoms with Gasteiger partial charge in [-0.2, -0.15) is 0 Å². The first kappa shape index (κ1) is 11.4. The zero-order valence-corrected chi connectivity index (χ0v) is 10.1. The average molecular weight is 220 g/mol. The molecule has 0 fully saturated rings. The van der Waals surface area contributed by atoms with Crippen LogP contribution >= 0.6 is 0 Å². The highest BCUT2D eigenvalue weighted by Crippen LogP contribution is 2.28. The van der Waals surface area contributed by atoms with Crippen molar-refractivity contribution in [3.63, 3.8) is 0 Å². The lowest BCUT2D eigenvalue weighted by Gasteiger charge is -2.25. The summed E-state index contributed by atoms with van der Waals surface area (Å²) in [6.45, 7) is 1.49. The Morgan fingerprint density at radius 1 is 1.44 bits per heavy atom. The molecule has 0 saturated carbocycles. The van der Waals surface area contributed by atoms with Crippen LogP contribution in [0.3, 0.4) is 0 Å². The normalized spacial score (nSPS) is 16.8. The Morgan fingerprint density at radius 2 is 2.25 bits per heavy atom. The van der Waals surface area contributed by atoms with Crippen LogP contribution in [0.5, 0.6) is 5.75 Å². The Kier molecular flexibility index (Phi) is 3.46. The summed E-state index contributed by atoms with van der Waals surface area (Å²) in [5, 5.41) is 0. The minimum absolute atomic E-state index is 0.298. The van der Waals surface area contributed by atoms with Crippen LogP contribution in [0, 0.1) is 0 Å². The quantitative estimate of drug-likeness (QED) is 0.840. The van der Waals surface area contributed by atoms with E-state index in [4.69, 9.17) is 10.5 Å². The van der Waals surface area contributed by atoms with E-state index in [1.54, 1.807) is 0 Å². The lowest BCUT2D eigenvalue weighted by Crippen LogP contribution is -2.27. The Morgan fingerprint density at radius 3 is 2.94 bits per heavy atom. The van der Waals surface area contributed by atoms with Gasteiger partial charge in [0.05, 0.1) is 6.61 Å². The minimum atomic E-state index is 0.298. The number of aryl methyl sites for hydroxylation is 1. The van der Waals surface area contributed by atoms with Gasteiger partial charge >= 0.3 is 0 Å². The number of benzene rings is 1. The molecule has 0 spiro atoms. The topological polar surface area (TPSA) is 38.5 Å². The third-order valence-electron chi connectivity index (χ3n) is 3.16. The van der Waals surface area contributed by atoms with E-state index < -0.39 is 0 Å². The highest BCUT2D eigenvalue weighted by atomic mass is 16.5. The molecule has 2 rings (SSSR count). The molecule has 1 heterocycles. The minimum Gasteiger partial charge on any atom is -0.493 e. The maximum Gasteiger partial charge on any atom is 0.122 e. The standard InChI is InChI=1S/C13H20N2O/c1-15(2)12(9-14)10-5-6-13-11(8-10)4-3-7-16-13/h5-6,8,12H,3-4,7,9,14H2,1-2H3. The third kappa shape index (κ3) is 2.20. The molecule has 0 radical (unpaired) electrons. The molecule has 1 unspecified atom stereocenters. The number of rotatable bonds is 3. The van der Waals surface area contributed by atoms with Crippen LogP contribution in [0.4, 0.5) is 0 Å². The summed E-state index contributed by atoms with van der Waals surface area (Å²) >= 11 is 0. The fraction of sp³-hybridized carbons (Fsp3) is 0.538. The molecule has 3 heteroatoms. The Labute approximate surface area is 97.2 Å². The Balaban J connectivity index is 2.28. The smallest absolute Gasteiger partial charge is 0.122 e. The van der Waals surface area contributed by atoms with E-state index in [9.17, 15) is 0 Å². The van der Waals surface area contributed by atoms with Crippen molar-refractivity contribution in [2.45, 2.75) is 18.9 Å². The summed E-state index contributed by atoms with van der Waals surface area (Å²) in [5.41, 5.74) is 8.42. The van der Waals surface area contributed by atoms with Crippen LogP contribution in [0.15, 0.2) is 18.2 Å². The summed E-state index contributed by atoms with van der Waals surface area (Å²) in [4.78, 5) is 2.16. The largest absolute Gasteiger partial charge is 0.493 e. The van der Waals surface area contributed by atoms with Crippen LogP contribution < -0.4 is 10.5 Å². The van der Waals surface area contributed by atoms with E-state index in [-0.39, 0.29) is 0 Å². The van der Waals surface area contributed by atoms with Crippen molar-refractivity contribution in [3.05, 3.63) is 29.3 Å². The molecule has 2 N–H and O–H groups in total. The fourth-order valence-corrected chi connectivity index (χ4v) is 2.23. The highest BCUT2D eigenvalue weighted by Gasteiger charge is 2.16. The van der Waals surface area contributed by atoms with Gasteiger partial charge in [0.25, 0.3) is 0 Å². The number of nitrogens with two attached hydrogens (primary N) is 1. The molecule has 16 heavy (non-hydrogen) atoms. The molecule has 1 aromatic rings. The van der Waals surface area contributed by atoms with Gasteiger partial charge in [0.1, 0.15) is 5.75 Å². The molecule has 0 aliphatic carbocycles. The lowest BCUT2D eigenvalue weighted by molar-refractivity contribution is 0.285. The van der Waals surface area contributed by atoms with Gasteiger partial charge in [-0.3, -0.25) is 0 Å². The maximum atomic E-state index is 5.81. The van der Waals surface area contributed by atoms with E-state index >= 15 is 0 Å². The van der Waals surface area contributed by atoms with Crippen LogP contribution in [-0.4, -0.2) is 32.1 Å². The molecule has 1 atom stereocenters. The molecular weight excluding hydrogens is 200 g/mol. The van der Waals surface area contributed by atoms with Gasteiger partial charge in [0, 0.05) is 12.6 Å². The van der Waals surface area contributed by atoms with E-state index in [0.717, 1.165) is 25.2 Å². The van der Waals surface area contributed by atoms with Gasteiger partial charge in [-0.1, -0.05) is 12.1 Å².